The molecule has 4 nitrogen and oxygen atoms in total. The predicted octanol–water partition coefficient (Wildman–Crippen LogP) is 2.73. The van der Waals surface area contributed by atoms with Crippen molar-refractivity contribution in [3.8, 4) is 11.1 Å². The second kappa shape index (κ2) is 3.45. The molecule has 0 aliphatic carbocycles. The lowest BCUT2D eigenvalue weighted by molar-refractivity contribution is 0.949. The van der Waals surface area contributed by atoms with Gasteiger partial charge in [-0.1, -0.05) is 0 Å². The van der Waals surface area contributed by atoms with E-state index < -0.39 is 0 Å². The van der Waals surface area contributed by atoms with E-state index in [4.69, 9.17) is 0 Å². The number of H-pyrrole nitrogens is 1. The second-order valence-electron chi connectivity index (χ2n) is 3.67. The molecule has 0 aromatic carbocycles. The number of hydrogen-bond acceptors (Lipinski definition) is 2. The molecule has 80 valence electrons. The third-order valence-corrected chi connectivity index (χ3v) is 3.02. The van der Waals surface area contributed by atoms with Crippen molar-refractivity contribution in [2.75, 3.05) is 0 Å². The molecule has 3 rings (SSSR count). The maximum Gasteiger partial charge on any atom is 0.140 e. The van der Waals surface area contributed by atoms with Gasteiger partial charge in [0, 0.05) is 46.6 Å². The van der Waals surface area contributed by atoms with E-state index in [1.807, 2.05) is 30.2 Å². The molecule has 0 saturated heterocycles. The molecule has 0 radical (unpaired) electrons. The van der Waals surface area contributed by atoms with E-state index in [1.54, 1.807) is 0 Å². The number of aromatic nitrogens is 4. The topological polar surface area (TPSA) is 46.5 Å². The second-order valence-corrected chi connectivity index (χ2v) is 4.58. The van der Waals surface area contributed by atoms with Crippen molar-refractivity contribution in [1.82, 2.24) is 19.7 Å². The van der Waals surface area contributed by atoms with Gasteiger partial charge in [-0.2, -0.15) is 5.10 Å². The van der Waals surface area contributed by atoms with Crippen LogP contribution in [-0.4, -0.2) is 19.7 Å². The summed E-state index contributed by atoms with van der Waals surface area (Å²) in [5.41, 5.74) is 3.19. The first-order valence-corrected chi connectivity index (χ1v) is 5.65. The Morgan fingerprint density at radius 1 is 1.38 bits per heavy atom. The summed E-state index contributed by atoms with van der Waals surface area (Å²) in [7, 11) is 1.99. The average Bonchev–Trinajstić information content (AvgIpc) is 2.86. The summed E-state index contributed by atoms with van der Waals surface area (Å²) in [6.45, 7) is 0. The van der Waals surface area contributed by atoms with Crippen LogP contribution in [-0.2, 0) is 7.05 Å². The molecule has 16 heavy (non-hydrogen) atoms. The van der Waals surface area contributed by atoms with Gasteiger partial charge in [-0.15, -0.1) is 0 Å². The van der Waals surface area contributed by atoms with E-state index in [1.165, 1.54) is 0 Å². The molecule has 0 saturated carbocycles. The number of aromatic amines is 1. The number of nitrogens with one attached hydrogen (secondary N) is 1. The lowest BCUT2D eigenvalue weighted by Gasteiger charge is -1.95. The van der Waals surface area contributed by atoms with Crippen molar-refractivity contribution in [1.29, 1.82) is 0 Å². The van der Waals surface area contributed by atoms with E-state index in [0.29, 0.717) is 0 Å². The number of rotatable bonds is 1. The van der Waals surface area contributed by atoms with Gasteiger partial charge in [0.05, 0.1) is 6.20 Å². The molecule has 0 aliphatic heterocycles. The Hall–Kier alpha value is -1.62. The molecule has 3 aromatic rings. The fraction of sp³-hybridized carbons (Fsp3) is 0.0909. The van der Waals surface area contributed by atoms with Crippen molar-refractivity contribution < 1.29 is 0 Å². The highest BCUT2D eigenvalue weighted by molar-refractivity contribution is 9.10. The fourth-order valence-electron chi connectivity index (χ4n) is 1.86. The lowest BCUT2D eigenvalue weighted by Crippen LogP contribution is -1.86. The third-order valence-electron chi connectivity index (χ3n) is 2.59. The van der Waals surface area contributed by atoms with Gasteiger partial charge in [0.2, 0.25) is 0 Å². The number of hydrogen-bond donors (Lipinski definition) is 1. The van der Waals surface area contributed by atoms with Crippen molar-refractivity contribution >= 4 is 27.0 Å². The van der Waals surface area contributed by atoms with Gasteiger partial charge in [0.25, 0.3) is 0 Å². The minimum Gasteiger partial charge on any atom is -0.335 e. The number of pyridine rings is 1. The van der Waals surface area contributed by atoms with Crippen LogP contribution in [0.2, 0.25) is 0 Å². The largest absolute Gasteiger partial charge is 0.335 e. The molecular formula is C11H9BrN4. The third kappa shape index (κ3) is 1.36. The Labute approximate surface area is 100 Å². The molecule has 5 heteroatoms. The summed E-state index contributed by atoms with van der Waals surface area (Å²) < 4.78 is 3.00. The molecular weight excluding hydrogens is 268 g/mol. The van der Waals surface area contributed by atoms with Crippen LogP contribution < -0.4 is 0 Å². The highest BCUT2D eigenvalue weighted by atomic mass is 79.9. The van der Waals surface area contributed by atoms with Crippen LogP contribution in [0.3, 0.4) is 0 Å². The van der Waals surface area contributed by atoms with Crippen molar-refractivity contribution in [2.45, 2.75) is 0 Å². The quantitative estimate of drug-likeness (QED) is 0.743. The van der Waals surface area contributed by atoms with Crippen LogP contribution in [0.5, 0.6) is 0 Å². The van der Waals surface area contributed by atoms with Crippen molar-refractivity contribution in [3.05, 3.63) is 35.3 Å². The molecule has 0 fully saturated rings. The molecule has 0 bridgehead atoms. The van der Waals surface area contributed by atoms with Crippen LogP contribution in [0.1, 0.15) is 0 Å². The van der Waals surface area contributed by atoms with E-state index in [9.17, 15) is 0 Å². The van der Waals surface area contributed by atoms with Crippen LogP contribution in [0.25, 0.3) is 22.2 Å². The maximum absolute atomic E-state index is 4.40. The Balaban J connectivity index is 2.37. The standard InChI is InChI=1S/C11H9BrN4/c1-16-6-10(7-3-14-15-4-7)9-2-8(12)5-13-11(9)16/h2-6H,1H3,(H,14,15). The zero-order valence-corrected chi connectivity index (χ0v) is 10.2. The Bertz CT molecular complexity index is 639. The summed E-state index contributed by atoms with van der Waals surface area (Å²) in [6, 6.07) is 2.07. The van der Waals surface area contributed by atoms with Crippen molar-refractivity contribution in [2.24, 2.45) is 7.05 Å². The van der Waals surface area contributed by atoms with Gasteiger partial charge < -0.3 is 4.57 Å². The first-order valence-electron chi connectivity index (χ1n) is 4.85. The van der Waals surface area contributed by atoms with E-state index >= 15 is 0 Å². The molecule has 1 N–H and O–H groups in total. The maximum atomic E-state index is 4.40. The fourth-order valence-corrected chi connectivity index (χ4v) is 2.20. The van der Waals surface area contributed by atoms with Crippen molar-refractivity contribution in [3.63, 3.8) is 0 Å². The molecule has 0 atom stereocenters. The first-order chi connectivity index (χ1) is 7.75. The number of fused-ring (bicyclic) bond motifs is 1. The zero-order chi connectivity index (χ0) is 11.1. The van der Waals surface area contributed by atoms with E-state index in [2.05, 4.69) is 43.4 Å². The van der Waals surface area contributed by atoms with Crippen LogP contribution in [0, 0.1) is 0 Å². The molecule has 3 heterocycles. The van der Waals surface area contributed by atoms with Gasteiger partial charge in [-0.3, -0.25) is 5.10 Å². The average molecular weight is 277 g/mol. The van der Waals surface area contributed by atoms with Crippen LogP contribution in [0.4, 0.5) is 0 Å². The molecule has 3 aromatic heterocycles. The predicted molar refractivity (Wildman–Crippen MR) is 66.0 cm³/mol. The number of aryl methyl sites for hydroxylation is 1. The minimum atomic E-state index is 0.972. The summed E-state index contributed by atoms with van der Waals surface area (Å²) >= 11 is 3.44. The Kier molecular flexibility index (Phi) is 2.07. The van der Waals surface area contributed by atoms with Gasteiger partial charge in [0.15, 0.2) is 0 Å². The smallest absolute Gasteiger partial charge is 0.140 e. The Morgan fingerprint density at radius 3 is 3.00 bits per heavy atom. The van der Waals surface area contributed by atoms with E-state index in [-0.39, 0.29) is 0 Å². The summed E-state index contributed by atoms with van der Waals surface area (Å²) in [6.07, 6.45) is 7.57. The van der Waals surface area contributed by atoms with Gasteiger partial charge in [0.1, 0.15) is 5.65 Å². The van der Waals surface area contributed by atoms with Gasteiger partial charge in [-0.05, 0) is 22.0 Å². The zero-order valence-electron chi connectivity index (χ0n) is 8.61. The number of nitrogens with zero attached hydrogens (tertiary/aromatic N) is 3. The van der Waals surface area contributed by atoms with Gasteiger partial charge in [-0.25, -0.2) is 4.98 Å². The minimum absolute atomic E-state index is 0.972. The normalized spacial score (nSPS) is 11.1. The molecule has 0 unspecified atom stereocenters. The van der Waals surface area contributed by atoms with E-state index in [0.717, 1.165) is 26.6 Å². The summed E-state index contributed by atoms with van der Waals surface area (Å²) in [4.78, 5) is 4.40. The highest BCUT2D eigenvalue weighted by Crippen LogP contribution is 2.29. The SMILES string of the molecule is Cn1cc(-c2cn[nH]c2)c2cc(Br)cnc21. The Morgan fingerprint density at radius 2 is 2.25 bits per heavy atom. The molecule has 0 amide bonds. The molecule has 0 aliphatic rings. The molecule has 0 spiro atoms. The number of halogens is 1. The highest BCUT2D eigenvalue weighted by Gasteiger charge is 2.10. The van der Waals surface area contributed by atoms with Crippen LogP contribution in [0.15, 0.2) is 35.3 Å². The summed E-state index contributed by atoms with van der Waals surface area (Å²) in [5.74, 6) is 0. The first kappa shape index (κ1) is 9.59. The van der Waals surface area contributed by atoms with Crippen LogP contribution >= 0.6 is 15.9 Å². The summed E-state index contributed by atoms with van der Waals surface area (Å²) in [5, 5.41) is 7.92. The van der Waals surface area contributed by atoms with Gasteiger partial charge >= 0.3 is 0 Å². The monoisotopic (exact) mass is 276 g/mol. The lowest BCUT2D eigenvalue weighted by atomic mass is 10.1.